The van der Waals surface area contributed by atoms with E-state index in [2.05, 4.69) is 16.0 Å². The van der Waals surface area contributed by atoms with E-state index in [-0.39, 0.29) is 12.5 Å². The second-order valence-corrected chi connectivity index (χ2v) is 4.27. The molecule has 0 aliphatic rings. The van der Waals surface area contributed by atoms with E-state index in [0.717, 1.165) is 6.42 Å². The molecule has 4 N–H and O–H groups in total. The maximum Gasteiger partial charge on any atom is 0.321 e. The quantitative estimate of drug-likeness (QED) is 0.502. The average molecular weight is 259 g/mol. The molecular formula is C12H25N3O3. The second kappa shape index (κ2) is 9.85. The highest BCUT2D eigenvalue weighted by Crippen LogP contribution is 2.05. The van der Waals surface area contributed by atoms with E-state index in [0.29, 0.717) is 25.4 Å². The van der Waals surface area contributed by atoms with Crippen LogP contribution in [0.2, 0.25) is 0 Å². The van der Waals surface area contributed by atoms with Gasteiger partial charge in [0.05, 0.1) is 6.04 Å². The van der Waals surface area contributed by atoms with Crippen molar-refractivity contribution in [2.45, 2.75) is 39.7 Å². The predicted octanol–water partition coefficient (Wildman–Crippen LogP) is 0.219. The van der Waals surface area contributed by atoms with Gasteiger partial charge in [0.25, 0.3) is 0 Å². The standard InChI is InChI=1S/C12H25N3O3/c1-4-10(6-7-16)8-14-9(3)11(17)15-12(18)13-5-2/h9-10,14,16H,4-8H2,1-3H3,(H2,13,15,17,18). The van der Waals surface area contributed by atoms with E-state index >= 15 is 0 Å². The van der Waals surface area contributed by atoms with E-state index in [9.17, 15) is 9.59 Å². The molecule has 2 atom stereocenters. The molecule has 0 aliphatic heterocycles. The van der Waals surface area contributed by atoms with Crippen molar-refractivity contribution in [2.24, 2.45) is 5.92 Å². The summed E-state index contributed by atoms with van der Waals surface area (Å²) in [7, 11) is 0. The second-order valence-electron chi connectivity index (χ2n) is 4.27. The minimum atomic E-state index is -0.474. The fourth-order valence-corrected chi connectivity index (χ4v) is 1.49. The largest absolute Gasteiger partial charge is 0.396 e. The molecule has 0 aliphatic carbocycles. The summed E-state index contributed by atoms with van der Waals surface area (Å²) in [6.45, 7) is 6.82. The van der Waals surface area contributed by atoms with Crippen molar-refractivity contribution in [3.8, 4) is 0 Å². The Morgan fingerprint density at radius 3 is 2.44 bits per heavy atom. The number of rotatable bonds is 8. The minimum Gasteiger partial charge on any atom is -0.396 e. The first-order valence-corrected chi connectivity index (χ1v) is 6.48. The number of imide groups is 1. The summed E-state index contributed by atoms with van der Waals surface area (Å²) < 4.78 is 0. The van der Waals surface area contributed by atoms with Crippen molar-refractivity contribution in [1.29, 1.82) is 0 Å². The molecule has 106 valence electrons. The van der Waals surface area contributed by atoms with Crippen LogP contribution < -0.4 is 16.0 Å². The fraction of sp³-hybridized carbons (Fsp3) is 0.833. The van der Waals surface area contributed by atoms with Crippen LogP contribution in [0, 0.1) is 5.92 Å². The molecule has 18 heavy (non-hydrogen) atoms. The summed E-state index contributed by atoms with van der Waals surface area (Å²) in [4.78, 5) is 22.8. The number of carbonyl (C=O) groups is 2. The monoisotopic (exact) mass is 259 g/mol. The summed E-state index contributed by atoms with van der Waals surface area (Å²) in [6, 6.07) is -0.904. The van der Waals surface area contributed by atoms with E-state index < -0.39 is 12.1 Å². The molecule has 0 rings (SSSR count). The molecule has 6 nitrogen and oxygen atoms in total. The Morgan fingerprint density at radius 1 is 1.28 bits per heavy atom. The highest BCUT2D eigenvalue weighted by molar-refractivity contribution is 5.96. The maximum absolute atomic E-state index is 11.6. The third kappa shape index (κ3) is 7.24. The first-order valence-electron chi connectivity index (χ1n) is 6.48. The van der Waals surface area contributed by atoms with Crippen molar-refractivity contribution in [3.05, 3.63) is 0 Å². The fourth-order valence-electron chi connectivity index (χ4n) is 1.49. The lowest BCUT2D eigenvalue weighted by molar-refractivity contribution is -0.121. The van der Waals surface area contributed by atoms with Gasteiger partial charge in [0, 0.05) is 13.2 Å². The van der Waals surface area contributed by atoms with Crippen LogP contribution in [0.15, 0.2) is 0 Å². The van der Waals surface area contributed by atoms with Gasteiger partial charge in [-0.2, -0.15) is 0 Å². The van der Waals surface area contributed by atoms with Crippen LogP contribution >= 0.6 is 0 Å². The predicted molar refractivity (Wildman–Crippen MR) is 70.2 cm³/mol. The molecule has 0 spiro atoms. The SMILES string of the molecule is CCNC(=O)NC(=O)C(C)NCC(CC)CCO. The van der Waals surface area contributed by atoms with Gasteiger partial charge >= 0.3 is 6.03 Å². The molecule has 0 saturated heterocycles. The normalized spacial score (nSPS) is 13.8. The zero-order chi connectivity index (χ0) is 14.0. The zero-order valence-electron chi connectivity index (χ0n) is 11.5. The van der Waals surface area contributed by atoms with Crippen molar-refractivity contribution < 1.29 is 14.7 Å². The number of nitrogens with one attached hydrogen (secondary N) is 3. The van der Waals surface area contributed by atoms with Gasteiger partial charge in [0.2, 0.25) is 5.91 Å². The molecule has 0 aromatic rings. The lowest BCUT2D eigenvalue weighted by Crippen LogP contribution is -2.48. The molecule has 0 fully saturated rings. The van der Waals surface area contributed by atoms with E-state index in [1.54, 1.807) is 13.8 Å². The average Bonchev–Trinajstić information content (AvgIpc) is 2.34. The zero-order valence-corrected chi connectivity index (χ0v) is 11.5. The van der Waals surface area contributed by atoms with Crippen LogP contribution in [0.3, 0.4) is 0 Å². The Kier molecular flexibility index (Phi) is 9.22. The van der Waals surface area contributed by atoms with Crippen LogP contribution in [-0.2, 0) is 4.79 Å². The first kappa shape index (κ1) is 16.9. The molecule has 2 unspecified atom stereocenters. The van der Waals surface area contributed by atoms with Gasteiger partial charge in [-0.25, -0.2) is 4.79 Å². The molecule has 6 heteroatoms. The number of carbonyl (C=O) groups excluding carboxylic acids is 2. The Labute approximate surface area is 109 Å². The lowest BCUT2D eigenvalue weighted by Gasteiger charge is -2.18. The number of hydrogen-bond acceptors (Lipinski definition) is 4. The summed E-state index contributed by atoms with van der Waals surface area (Å²) in [6.07, 6.45) is 1.66. The molecule has 0 radical (unpaired) electrons. The van der Waals surface area contributed by atoms with Crippen molar-refractivity contribution >= 4 is 11.9 Å². The molecule has 0 aromatic carbocycles. The van der Waals surface area contributed by atoms with Gasteiger partial charge in [-0.05, 0) is 32.7 Å². The van der Waals surface area contributed by atoms with E-state index in [1.807, 2.05) is 6.92 Å². The third-order valence-electron chi connectivity index (χ3n) is 2.79. The number of hydrogen-bond donors (Lipinski definition) is 4. The Hall–Kier alpha value is -1.14. The molecule has 0 heterocycles. The Bertz CT molecular complexity index is 259. The number of urea groups is 1. The summed E-state index contributed by atoms with van der Waals surface area (Å²) in [5, 5.41) is 16.7. The maximum atomic E-state index is 11.6. The highest BCUT2D eigenvalue weighted by atomic mass is 16.3. The summed E-state index contributed by atoms with van der Waals surface area (Å²) in [5.74, 6) is -0.00507. The van der Waals surface area contributed by atoms with Crippen LogP contribution in [0.25, 0.3) is 0 Å². The number of aliphatic hydroxyl groups excluding tert-OH is 1. The van der Waals surface area contributed by atoms with Crippen LogP contribution in [0.1, 0.15) is 33.6 Å². The van der Waals surface area contributed by atoms with E-state index in [4.69, 9.17) is 5.11 Å². The summed E-state index contributed by atoms with van der Waals surface area (Å²) in [5.41, 5.74) is 0. The number of amides is 3. The molecule has 0 aromatic heterocycles. The lowest BCUT2D eigenvalue weighted by atomic mass is 10.0. The smallest absolute Gasteiger partial charge is 0.321 e. The van der Waals surface area contributed by atoms with Gasteiger partial charge in [-0.15, -0.1) is 0 Å². The highest BCUT2D eigenvalue weighted by Gasteiger charge is 2.16. The van der Waals surface area contributed by atoms with Crippen LogP contribution in [0.5, 0.6) is 0 Å². The van der Waals surface area contributed by atoms with Crippen molar-refractivity contribution in [2.75, 3.05) is 19.7 Å². The number of aliphatic hydroxyl groups is 1. The van der Waals surface area contributed by atoms with Crippen molar-refractivity contribution in [3.63, 3.8) is 0 Å². The van der Waals surface area contributed by atoms with Gasteiger partial charge in [0.15, 0.2) is 0 Å². The van der Waals surface area contributed by atoms with Gasteiger partial charge in [-0.3, -0.25) is 10.1 Å². The Balaban J connectivity index is 3.96. The minimum absolute atomic E-state index is 0.152. The van der Waals surface area contributed by atoms with Crippen LogP contribution in [-0.4, -0.2) is 42.8 Å². The molecule has 0 saturated carbocycles. The van der Waals surface area contributed by atoms with Gasteiger partial charge in [-0.1, -0.05) is 13.3 Å². The van der Waals surface area contributed by atoms with E-state index in [1.165, 1.54) is 0 Å². The topological polar surface area (TPSA) is 90.5 Å². The van der Waals surface area contributed by atoms with Gasteiger partial charge in [0.1, 0.15) is 0 Å². The van der Waals surface area contributed by atoms with Gasteiger partial charge < -0.3 is 15.7 Å². The van der Waals surface area contributed by atoms with Crippen LogP contribution in [0.4, 0.5) is 4.79 Å². The molecule has 0 bridgehead atoms. The van der Waals surface area contributed by atoms with Crippen molar-refractivity contribution in [1.82, 2.24) is 16.0 Å². The summed E-state index contributed by atoms with van der Waals surface area (Å²) >= 11 is 0. The third-order valence-corrected chi connectivity index (χ3v) is 2.79. The first-order chi connectivity index (χ1) is 8.54. The molecular weight excluding hydrogens is 234 g/mol. The Morgan fingerprint density at radius 2 is 1.94 bits per heavy atom. The molecule has 3 amide bonds.